The molecular formula is C27H33NO11. The van der Waals surface area contributed by atoms with Crippen LogP contribution in [0.3, 0.4) is 0 Å². The molecule has 0 aromatic heterocycles. The molecule has 7 atom stereocenters. The normalized spacial score (nSPS) is 34.7. The first-order chi connectivity index (χ1) is 18.2. The third kappa shape index (κ3) is 4.26. The standard InChI is InChI=1S/C27H33NO11/c1-11(29)21(24(34)35)28-9-13-19-23(33)22(32)18-14-6-7-16(31)26(14,3)8-15(38-12(2)30)20(18)27(19,4)17(10-37-5)39-25(13)36/h9,11,14-15,17,21,28-29,33H,6-8,10H2,1-5H3,(H,34,35)/b13-9-/t11-,14-,15+,17+,21+,26-,27-/m0/s1. The minimum Gasteiger partial charge on any atom is -0.504 e. The number of carbonyl (C=O) groups is 5. The first-order valence-corrected chi connectivity index (χ1v) is 12.7. The molecule has 12 heteroatoms. The van der Waals surface area contributed by atoms with E-state index in [-0.39, 0.29) is 42.0 Å². The first-order valence-electron chi connectivity index (χ1n) is 12.7. The van der Waals surface area contributed by atoms with Crippen molar-refractivity contribution in [2.75, 3.05) is 13.7 Å². The topological polar surface area (TPSA) is 186 Å². The second-order valence-electron chi connectivity index (χ2n) is 10.9. The number of Topliss-reactive ketones (excluding diaryl/α,β-unsaturated/α-hetero) is 2. The zero-order valence-electron chi connectivity index (χ0n) is 22.4. The van der Waals surface area contributed by atoms with Crippen LogP contribution in [0.1, 0.15) is 47.0 Å². The quantitative estimate of drug-likeness (QED) is 0.261. The number of aliphatic hydroxyl groups excluding tert-OH is 2. The van der Waals surface area contributed by atoms with Crippen molar-refractivity contribution in [3.8, 4) is 0 Å². The lowest BCUT2D eigenvalue weighted by Crippen LogP contribution is -2.57. The van der Waals surface area contributed by atoms with Crippen molar-refractivity contribution >= 4 is 29.5 Å². The van der Waals surface area contributed by atoms with E-state index >= 15 is 0 Å². The molecule has 4 rings (SSSR count). The van der Waals surface area contributed by atoms with Gasteiger partial charge in [0.25, 0.3) is 0 Å². The van der Waals surface area contributed by atoms with Crippen LogP contribution in [0.5, 0.6) is 0 Å². The van der Waals surface area contributed by atoms with E-state index in [1.807, 2.05) is 0 Å². The van der Waals surface area contributed by atoms with Crippen molar-refractivity contribution in [2.45, 2.75) is 71.3 Å². The Balaban J connectivity index is 1.98. The van der Waals surface area contributed by atoms with Gasteiger partial charge in [-0.3, -0.25) is 14.4 Å². The average molecular weight is 548 g/mol. The predicted molar refractivity (Wildman–Crippen MR) is 132 cm³/mol. The molecule has 2 fully saturated rings. The number of rotatable bonds is 7. The van der Waals surface area contributed by atoms with E-state index in [2.05, 4.69) is 5.32 Å². The third-order valence-electron chi connectivity index (χ3n) is 8.58. The highest BCUT2D eigenvalue weighted by atomic mass is 16.6. The Morgan fingerprint density at radius 1 is 1.26 bits per heavy atom. The number of cyclic esters (lactones) is 1. The number of carbonyl (C=O) groups excluding carboxylic acids is 4. The van der Waals surface area contributed by atoms with Crippen LogP contribution >= 0.6 is 0 Å². The molecule has 0 amide bonds. The second kappa shape index (κ2) is 9.91. The predicted octanol–water partition coefficient (Wildman–Crippen LogP) is 0.884. The summed E-state index contributed by atoms with van der Waals surface area (Å²) in [5.74, 6) is -5.20. The molecule has 39 heavy (non-hydrogen) atoms. The summed E-state index contributed by atoms with van der Waals surface area (Å²) < 4.78 is 16.8. The van der Waals surface area contributed by atoms with Crippen LogP contribution in [0.25, 0.3) is 0 Å². The first kappa shape index (κ1) is 28.5. The summed E-state index contributed by atoms with van der Waals surface area (Å²) in [5, 5.41) is 33.2. The number of ether oxygens (including phenoxy) is 3. The number of carboxylic acids is 1. The van der Waals surface area contributed by atoms with Gasteiger partial charge in [0.05, 0.1) is 23.7 Å². The maximum absolute atomic E-state index is 13.9. The fourth-order valence-electron chi connectivity index (χ4n) is 6.69. The lowest BCUT2D eigenvalue weighted by atomic mass is 9.53. The van der Waals surface area contributed by atoms with Crippen LogP contribution in [0.15, 0.2) is 34.3 Å². The molecule has 0 spiro atoms. The fourth-order valence-corrected chi connectivity index (χ4v) is 6.69. The van der Waals surface area contributed by atoms with Crippen molar-refractivity contribution in [1.29, 1.82) is 0 Å². The van der Waals surface area contributed by atoms with Gasteiger partial charge in [-0.25, -0.2) is 9.59 Å². The van der Waals surface area contributed by atoms with Gasteiger partial charge in [0, 0.05) is 55.6 Å². The lowest BCUT2D eigenvalue weighted by Gasteiger charge is -2.53. The number of ketones is 2. The number of hydrogen-bond donors (Lipinski definition) is 4. The van der Waals surface area contributed by atoms with Crippen molar-refractivity contribution < 1.29 is 53.5 Å². The minimum absolute atomic E-state index is 0.0745. The van der Waals surface area contributed by atoms with E-state index in [0.717, 1.165) is 6.20 Å². The molecule has 1 heterocycles. The molecule has 1 aliphatic heterocycles. The number of hydrogen-bond acceptors (Lipinski definition) is 11. The van der Waals surface area contributed by atoms with Gasteiger partial charge in [-0.05, 0) is 25.8 Å². The number of aliphatic carboxylic acids is 1. The van der Waals surface area contributed by atoms with Crippen molar-refractivity contribution in [2.24, 2.45) is 16.7 Å². The van der Waals surface area contributed by atoms with E-state index in [9.17, 15) is 39.3 Å². The number of allylic oxidation sites excluding steroid dienone is 1. The lowest BCUT2D eigenvalue weighted by molar-refractivity contribution is -0.160. The molecule has 0 radical (unpaired) electrons. The second-order valence-corrected chi connectivity index (χ2v) is 10.9. The molecule has 12 nitrogen and oxygen atoms in total. The molecule has 0 aromatic carbocycles. The summed E-state index contributed by atoms with van der Waals surface area (Å²) in [5.41, 5.74) is -2.46. The number of methoxy groups -OCH3 is 1. The van der Waals surface area contributed by atoms with E-state index in [0.29, 0.717) is 12.0 Å². The summed E-state index contributed by atoms with van der Waals surface area (Å²) in [6, 6.07) is -1.52. The fraction of sp³-hybridized carbons (Fsp3) is 0.593. The summed E-state index contributed by atoms with van der Waals surface area (Å²) in [4.78, 5) is 63.9. The summed E-state index contributed by atoms with van der Waals surface area (Å²) >= 11 is 0. The molecule has 212 valence electrons. The van der Waals surface area contributed by atoms with E-state index in [4.69, 9.17) is 14.2 Å². The van der Waals surface area contributed by atoms with Gasteiger partial charge in [-0.1, -0.05) is 6.92 Å². The third-order valence-corrected chi connectivity index (χ3v) is 8.58. The molecule has 3 aliphatic carbocycles. The van der Waals surface area contributed by atoms with Gasteiger partial charge in [0.1, 0.15) is 24.0 Å². The van der Waals surface area contributed by atoms with Gasteiger partial charge in [0.15, 0.2) is 5.76 Å². The number of fused-ring (bicyclic) bond motifs is 4. The average Bonchev–Trinajstić information content (AvgIpc) is 3.12. The SMILES string of the molecule is COC[C@H]1OC(=O)/C(=C\N[C@@H](C(=O)O)[C@H](C)O)C2=C(O)C(=O)C3=C([C@H](OC(C)=O)C[C@]4(C)C(=O)CC[C@@H]34)[C@]21C. The highest BCUT2D eigenvalue weighted by molar-refractivity contribution is 6.14. The molecule has 0 unspecified atom stereocenters. The van der Waals surface area contributed by atoms with Gasteiger partial charge in [-0.15, -0.1) is 0 Å². The zero-order chi connectivity index (χ0) is 29.0. The molecule has 1 saturated carbocycles. The zero-order valence-corrected chi connectivity index (χ0v) is 22.4. The van der Waals surface area contributed by atoms with Crippen molar-refractivity contribution in [3.63, 3.8) is 0 Å². The van der Waals surface area contributed by atoms with Crippen LogP contribution in [0.2, 0.25) is 0 Å². The summed E-state index contributed by atoms with van der Waals surface area (Å²) in [6.45, 7) is 5.65. The number of carboxylic acid groups (broad SMARTS) is 1. The van der Waals surface area contributed by atoms with Crippen LogP contribution < -0.4 is 5.32 Å². The Labute approximate surface area is 224 Å². The largest absolute Gasteiger partial charge is 0.504 e. The number of nitrogens with one attached hydrogen (secondary N) is 1. The summed E-state index contributed by atoms with van der Waals surface area (Å²) in [6.07, 6.45) is -1.82. The maximum atomic E-state index is 13.9. The van der Waals surface area contributed by atoms with Crippen LogP contribution in [0, 0.1) is 16.7 Å². The Kier molecular flexibility index (Phi) is 7.24. The smallest absolute Gasteiger partial charge is 0.340 e. The number of esters is 2. The summed E-state index contributed by atoms with van der Waals surface area (Å²) in [7, 11) is 1.38. The van der Waals surface area contributed by atoms with Crippen LogP contribution in [-0.4, -0.2) is 82.9 Å². The van der Waals surface area contributed by atoms with Crippen molar-refractivity contribution in [1.82, 2.24) is 5.32 Å². The van der Waals surface area contributed by atoms with Crippen LogP contribution in [0.4, 0.5) is 0 Å². The molecule has 4 aliphatic rings. The van der Waals surface area contributed by atoms with Crippen LogP contribution in [-0.2, 0) is 38.2 Å². The Morgan fingerprint density at radius 3 is 2.49 bits per heavy atom. The van der Waals surface area contributed by atoms with E-state index in [1.54, 1.807) is 13.8 Å². The Morgan fingerprint density at radius 2 is 1.92 bits per heavy atom. The van der Waals surface area contributed by atoms with Crippen molar-refractivity contribution in [3.05, 3.63) is 34.3 Å². The van der Waals surface area contributed by atoms with E-state index in [1.165, 1.54) is 21.0 Å². The molecule has 0 aromatic rings. The van der Waals surface area contributed by atoms with Gasteiger partial charge < -0.3 is 34.8 Å². The maximum Gasteiger partial charge on any atom is 0.340 e. The van der Waals surface area contributed by atoms with E-state index < -0.39 is 70.6 Å². The molecule has 0 bridgehead atoms. The van der Waals surface area contributed by atoms with Gasteiger partial charge in [-0.2, -0.15) is 0 Å². The van der Waals surface area contributed by atoms with Gasteiger partial charge >= 0.3 is 17.9 Å². The molecule has 1 saturated heterocycles. The monoisotopic (exact) mass is 547 g/mol. The van der Waals surface area contributed by atoms with Gasteiger partial charge in [0.2, 0.25) is 5.78 Å². The number of aliphatic hydroxyl groups is 2. The Bertz CT molecular complexity index is 1240. The highest BCUT2D eigenvalue weighted by Gasteiger charge is 2.64. The molecule has 4 N–H and O–H groups in total. The minimum atomic E-state index is -1.52. The molecular weight excluding hydrogens is 514 g/mol. The Hall–Kier alpha value is -3.51. The highest BCUT2D eigenvalue weighted by Crippen LogP contribution is 2.62.